The summed E-state index contributed by atoms with van der Waals surface area (Å²) in [5.74, 6) is 0. The summed E-state index contributed by atoms with van der Waals surface area (Å²) in [6, 6.07) is 94.0. The topological polar surface area (TPSA) is 13.0 Å². The molecule has 0 saturated heterocycles. The van der Waals surface area contributed by atoms with E-state index in [0.717, 1.165) is 0 Å². The van der Waals surface area contributed by atoms with Gasteiger partial charge in [-0.25, -0.2) is 0 Å². The molecule has 6 heterocycles. The molecule has 0 radical (unpaired) electrons. The Morgan fingerprint density at radius 1 is 0.247 bits per heavy atom. The number of fused-ring (bicyclic) bond motifs is 11. The molecule has 0 bridgehead atoms. The van der Waals surface area contributed by atoms with Crippen molar-refractivity contribution in [2.24, 2.45) is 0 Å². The van der Waals surface area contributed by atoms with Gasteiger partial charge in [-0.1, -0.05) is 24.3 Å². The number of hydrogen-bond acceptors (Lipinski definition) is 4. The molecular weight excluding hydrogens is 1190 g/mol. The molecule has 0 atom stereocenters. The Bertz CT molecular complexity index is 4980. The van der Waals surface area contributed by atoms with E-state index in [4.69, 9.17) is 0 Å². The molecule has 0 unspecified atom stereocenters. The van der Waals surface area contributed by atoms with Crippen molar-refractivity contribution < 1.29 is 0 Å². The zero-order valence-corrected chi connectivity index (χ0v) is 57.2. The van der Waals surface area contributed by atoms with Gasteiger partial charge in [0.25, 0.3) is 0 Å². The molecule has 0 N–H and O–H groups in total. The van der Waals surface area contributed by atoms with Gasteiger partial charge >= 0.3 is 536 Å². The molecule has 5 aliphatic heterocycles. The van der Waals surface area contributed by atoms with Crippen LogP contribution < -0.4 is 52.4 Å². The summed E-state index contributed by atoms with van der Waals surface area (Å²) in [4.78, 5) is 10.9. The second kappa shape index (κ2) is 20.6. The summed E-state index contributed by atoms with van der Waals surface area (Å²) >= 11 is -0.115. The summed E-state index contributed by atoms with van der Waals surface area (Å²) in [6.45, 7) is 28.1. The average molecular weight is 1270 g/mol. The second-order valence-electron chi connectivity index (χ2n) is 30.6. The van der Waals surface area contributed by atoms with E-state index in [1.54, 1.807) is 0 Å². The normalized spacial score (nSPS) is 14.1. The maximum atomic E-state index is 2.79. The monoisotopic (exact) mass is 1270 g/mol. The van der Waals surface area contributed by atoms with Crippen molar-refractivity contribution in [1.29, 1.82) is 0 Å². The van der Waals surface area contributed by atoms with E-state index in [1.807, 2.05) is 0 Å². The van der Waals surface area contributed by atoms with Gasteiger partial charge in [0.05, 0.1) is 0 Å². The van der Waals surface area contributed by atoms with Crippen LogP contribution in [0.3, 0.4) is 0 Å². The molecule has 4 nitrogen and oxygen atoms in total. The van der Waals surface area contributed by atoms with Crippen LogP contribution in [-0.2, 0) is 21.7 Å². The molecular formula is C86H76B2N4Se. The average Bonchev–Trinajstić information content (AvgIpc) is 1.63. The van der Waals surface area contributed by atoms with Gasteiger partial charge in [-0.05, 0) is 0 Å². The van der Waals surface area contributed by atoms with Crippen molar-refractivity contribution in [3.05, 3.63) is 265 Å². The molecule has 5 aliphatic rings. The molecule has 0 spiro atoms. The Hall–Kier alpha value is -9.25. The summed E-state index contributed by atoms with van der Waals surface area (Å²) in [7, 11) is 0. The summed E-state index contributed by atoms with van der Waals surface area (Å²) in [5.41, 5.74) is 35.2. The first kappa shape index (κ1) is 57.6. The molecule has 452 valence electrons. The zero-order valence-electron chi connectivity index (χ0n) is 55.4. The Balaban J connectivity index is 1.00. The number of anilines is 12. The minimum absolute atomic E-state index is 0.0836. The van der Waals surface area contributed by atoms with Gasteiger partial charge in [0.15, 0.2) is 0 Å². The number of nitrogens with zero attached hydrogens (tertiary/aromatic N) is 4. The predicted octanol–water partition coefficient (Wildman–Crippen LogP) is 19.1. The molecule has 0 fully saturated rings. The van der Waals surface area contributed by atoms with E-state index >= 15 is 0 Å². The van der Waals surface area contributed by atoms with E-state index < -0.39 is 0 Å². The predicted molar refractivity (Wildman–Crippen MR) is 402 cm³/mol. The Morgan fingerprint density at radius 2 is 0.591 bits per heavy atom. The van der Waals surface area contributed by atoms with Crippen molar-refractivity contribution in [3.63, 3.8) is 0 Å². The Morgan fingerprint density at radius 3 is 1.00 bits per heavy atom. The van der Waals surface area contributed by atoms with E-state index in [0.29, 0.717) is 0 Å². The van der Waals surface area contributed by atoms with Crippen LogP contribution in [0.2, 0.25) is 0 Å². The van der Waals surface area contributed by atoms with Crippen LogP contribution >= 0.6 is 0 Å². The standard InChI is InChI=1S/C86H76B2N4Se/c1-83(2,3)59-47-60(84(4,5)6)50-63(49-59)89-69-44-40-57(53-27-17-13-18-28-53)45-68(69)88-67-43-42-66-77-78(67)92(73-38-25-35-70(89)76(73)88)80-79(81(55-31-21-15-22-32-55)93-82(80)56-33-23-16-24-34-56)91(77)72-37-26-36-71-75(72)87(66)65-41-39-58(54-29-19-14-20-30-54)46-74(65)90(71)64-51-61(85(7,8)9)48-62(52-64)86(10,11)12/h13-52H,1-12H3. The third-order valence-corrected chi connectivity index (χ3v) is 23.2. The molecule has 12 aromatic rings. The van der Waals surface area contributed by atoms with Gasteiger partial charge in [0.2, 0.25) is 0 Å². The van der Waals surface area contributed by atoms with Crippen LogP contribution in [-0.4, -0.2) is 27.9 Å². The Labute approximate surface area is 556 Å². The number of rotatable bonds is 6. The molecule has 11 aromatic carbocycles. The van der Waals surface area contributed by atoms with Crippen molar-refractivity contribution in [3.8, 4) is 42.3 Å². The van der Waals surface area contributed by atoms with Crippen molar-refractivity contribution >= 4 is 129 Å². The van der Waals surface area contributed by atoms with E-state index in [-0.39, 0.29) is 49.6 Å². The summed E-state index contributed by atoms with van der Waals surface area (Å²) in [5, 5.41) is 0. The third kappa shape index (κ3) is 8.93. The number of benzene rings is 11. The van der Waals surface area contributed by atoms with Crippen LogP contribution in [0.1, 0.15) is 105 Å². The first-order valence-electron chi connectivity index (χ1n) is 33.3. The SMILES string of the molecule is CC(C)(C)c1cc(N2c3ccc(-c4ccccc4)cc3B3c4ccc5c6c4N(c4cccc2c43)c2c(-c3ccccc3)[se]c(-c3ccccc3)c2N6c2cccc3c2B5c2ccc(-c4ccccc4)cc2N3c2cc(C(C)(C)C)cc(C(C)(C)C)c2)cc(C(C)(C)C)c1. The fourth-order valence-electron chi connectivity index (χ4n) is 15.7. The molecule has 17 rings (SSSR count). The molecule has 0 aliphatic carbocycles. The fraction of sp³-hybridized carbons (Fsp3) is 0.186. The van der Waals surface area contributed by atoms with E-state index in [2.05, 4.69) is 345 Å². The van der Waals surface area contributed by atoms with Crippen LogP contribution in [0.4, 0.5) is 68.2 Å². The molecule has 0 saturated carbocycles. The summed E-state index contributed by atoms with van der Waals surface area (Å²) < 4.78 is 2.78. The third-order valence-electron chi connectivity index (χ3n) is 20.5. The van der Waals surface area contributed by atoms with Gasteiger partial charge in [-0.15, -0.1) is 0 Å². The van der Waals surface area contributed by atoms with Gasteiger partial charge in [-0.2, -0.15) is 0 Å². The van der Waals surface area contributed by atoms with E-state index in [9.17, 15) is 0 Å². The zero-order chi connectivity index (χ0) is 63.8. The molecule has 1 aromatic heterocycles. The van der Waals surface area contributed by atoms with Gasteiger partial charge in [0, 0.05) is 0 Å². The van der Waals surface area contributed by atoms with Crippen LogP contribution in [0, 0.1) is 0 Å². The van der Waals surface area contributed by atoms with Crippen molar-refractivity contribution in [2.75, 3.05) is 19.6 Å². The van der Waals surface area contributed by atoms with Crippen molar-refractivity contribution in [2.45, 2.75) is 105 Å². The second-order valence-corrected chi connectivity index (χ2v) is 32.7. The first-order valence-corrected chi connectivity index (χ1v) is 35.0. The molecule has 93 heavy (non-hydrogen) atoms. The molecule has 7 heteroatoms. The Kier molecular flexibility index (Phi) is 12.8. The summed E-state index contributed by atoms with van der Waals surface area (Å²) in [6.07, 6.45) is 0. The van der Waals surface area contributed by atoms with Crippen LogP contribution in [0.15, 0.2) is 243 Å². The van der Waals surface area contributed by atoms with Gasteiger partial charge in [-0.3, -0.25) is 0 Å². The van der Waals surface area contributed by atoms with Gasteiger partial charge < -0.3 is 0 Å². The number of hydrogen-bond donors (Lipinski definition) is 0. The van der Waals surface area contributed by atoms with Crippen LogP contribution in [0.5, 0.6) is 0 Å². The molecule has 0 amide bonds. The minimum atomic E-state index is -0.115. The van der Waals surface area contributed by atoms with Crippen LogP contribution in [0.25, 0.3) is 42.3 Å². The maximum absolute atomic E-state index is 2.79. The first-order chi connectivity index (χ1) is 44.7. The van der Waals surface area contributed by atoms with Crippen molar-refractivity contribution in [1.82, 2.24) is 0 Å². The quantitative estimate of drug-likeness (QED) is 0.154. The van der Waals surface area contributed by atoms with Gasteiger partial charge in [0.1, 0.15) is 0 Å². The van der Waals surface area contributed by atoms with E-state index in [1.165, 1.54) is 166 Å². The fourth-order valence-corrected chi connectivity index (χ4v) is 18.4.